The third-order valence-corrected chi connectivity index (χ3v) is 3.94. The van der Waals surface area contributed by atoms with Crippen LogP contribution < -0.4 is 4.74 Å². The fourth-order valence-electron chi connectivity index (χ4n) is 1.66. The highest BCUT2D eigenvalue weighted by Gasteiger charge is 2.26. The first kappa shape index (κ1) is 13.5. The van der Waals surface area contributed by atoms with Gasteiger partial charge in [-0.25, -0.2) is 4.68 Å². The summed E-state index contributed by atoms with van der Waals surface area (Å²) in [5.41, 5.74) is 0. The predicted molar refractivity (Wildman–Crippen MR) is 69.2 cm³/mol. The van der Waals surface area contributed by atoms with Crippen LogP contribution >= 0.6 is 11.3 Å². The molecule has 8 heteroatoms. The molecule has 2 unspecified atom stereocenters. The molecule has 7 nitrogen and oxygen atoms in total. The Morgan fingerprint density at radius 1 is 1.53 bits per heavy atom. The molecule has 2 rings (SSSR count). The average molecular weight is 282 g/mol. The molecule has 0 aliphatic carbocycles. The van der Waals surface area contributed by atoms with Gasteiger partial charge in [-0.3, -0.25) is 4.79 Å². The van der Waals surface area contributed by atoms with Crippen molar-refractivity contribution in [2.24, 2.45) is 5.92 Å². The summed E-state index contributed by atoms with van der Waals surface area (Å²) in [5.74, 6) is -0.274. The monoisotopic (exact) mass is 282 g/mol. The molecule has 2 aromatic heterocycles. The summed E-state index contributed by atoms with van der Waals surface area (Å²) in [6, 6.07) is 1.47. The summed E-state index contributed by atoms with van der Waals surface area (Å²) in [7, 11) is 1.57. The van der Waals surface area contributed by atoms with E-state index in [0.717, 1.165) is 4.88 Å². The number of ether oxygens (including phenoxy) is 1. The Morgan fingerprint density at radius 2 is 2.26 bits per heavy atom. The summed E-state index contributed by atoms with van der Waals surface area (Å²) in [6.45, 7) is 3.41. The largest absolute Gasteiger partial charge is 0.495 e. The minimum Gasteiger partial charge on any atom is -0.495 e. The summed E-state index contributed by atoms with van der Waals surface area (Å²) in [6.07, 6.45) is 0. The van der Waals surface area contributed by atoms with Gasteiger partial charge >= 0.3 is 5.97 Å². The van der Waals surface area contributed by atoms with Crippen molar-refractivity contribution in [1.82, 2.24) is 20.2 Å². The van der Waals surface area contributed by atoms with Crippen molar-refractivity contribution < 1.29 is 14.6 Å². The van der Waals surface area contributed by atoms with Gasteiger partial charge in [0.1, 0.15) is 10.6 Å². The van der Waals surface area contributed by atoms with Crippen LogP contribution in [-0.4, -0.2) is 38.4 Å². The van der Waals surface area contributed by atoms with E-state index >= 15 is 0 Å². The number of hydrogen-bond acceptors (Lipinski definition) is 6. The molecular formula is C11H14N4O3S. The first-order chi connectivity index (χ1) is 9.06. The van der Waals surface area contributed by atoms with Crippen LogP contribution in [0.1, 0.15) is 19.9 Å². The maximum absolute atomic E-state index is 11.1. The van der Waals surface area contributed by atoms with Gasteiger partial charge in [-0.2, -0.15) is 0 Å². The van der Waals surface area contributed by atoms with Gasteiger partial charge in [0.05, 0.1) is 19.1 Å². The molecule has 0 radical (unpaired) electrons. The molecule has 0 aromatic carbocycles. The normalized spacial score (nSPS) is 14.1. The molecule has 0 spiro atoms. The molecule has 0 bridgehead atoms. The Morgan fingerprint density at radius 3 is 2.89 bits per heavy atom. The lowest BCUT2D eigenvalue weighted by Crippen LogP contribution is -2.23. The maximum Gasteiger partial charge on any atom is 0.308 e. The highest BCUT2D eigenvalue weighted by atomic mass is 32.1. The molecule has 2 aromatic rings. The minimum atomic E-state index is -0.882. The van der Waals surface area contributed by atoms with Crippen LogP contribution in [0.2, 0.25) is 0 Å². The predicted octanol–water partition coefficient (Wildman–Crippen LogP) is 1.69. The number of aromatic nitrogens is 4. The van der Waals surface area contributed by atoms with E-state index in [1.54, 1.807) is 21.0 Å². The Hall–Kier alpha value is -1.96. The van der Waals surface area contributed by atoms with Crippen LogP contribution in [0.4, 0.5) is 0 Å². The second kappa shape index (κ2) is 5.35. The molecular weight excluding hydrogens is 268 g/mol. The molecule has 0 aliphatic rings. The van der Waals surface area contributed by atoms with Gasteiger partial charge in [0, 0.05) is 0 Å². The van der Waals surface area contributed by atoms with E-state index in [9.17, 15) is 4.79 Å². The average Bonchev–Trinajstić information content (AvgIpc) is 3.03. The van der Waals surface area contributed by atoms with Crippen molar-refractivity contribution in [2.45, 2.75) is 19.9 Å². The minimum absolute atomic E-state index is 0.352. The highest BCUT2D eigenvalue weighted by Crippen LogP contribution is 2.35. The van der Waals surface area contributed by atoms with Gasteiger partial charge < -0.3 is 9.84 Å². The van der Waals surface area contributed by atoms with Crippen LogP contribution in [0, 0.1) is 5.92 Å². The van der Waals surface area contributed by atoms with E-state index in [0.29, 0.717) is 11.6 Å². The van der Waals surface area contributed by atoms with Crippen molar-refractivity contribution in [2.75, 3.05) is 7.11 Å². The summed E-state index contributed by atoms with van der Waals surface area (Å²) in [5, 5.41) is 22.4. The number of methoxy groups -OCH3 is 1. The Kier molecular flexibility index (Phi) is 3.79. The Balaban J connectivity index is 2.40. The zero-order valence-corrected chi connectivity index (χ0v) is 11.6. The number of hydrogen-bond donors (Lipinski definition) is 1. The first-order valence-corrected chi connectivity index (χ1v) is 6.56. The van der Waals surface area contributed by atoms with E-state index in [-0.39, 0.29) is 6.04 Å². The molecule has 0 aliphatic heterocycles. The van der Waals surface area contributed by atoms with Crippen molar-refractivity contribution in [3.05, 3.63) is 11.4 Å². The van der Waals surface area contributed by atoms with Gasteiger partial charge in [0.25, 0.3) is 0 Å². The van der Waals surface area contributed by atoms with Gasteiger partial charge in [-0.1, -0.05) is 0 Å². The maximum atomic E-state index is 11.1. The Labute approximate surface area is 113 Å². The fourth-order valence-corrected chi connectivity index (χ4v) is 2.49. The van der Waals surface area contributed by atoms with Crippen LogP contribution in [-0.2, 0) is 4.79 Å². The zero-order valence-electron chi connectivity index (χ0n) is 10.8. The SMILES string of the molecule is COc1ccsc1-c1nnnn1C(C)C(C)C(=O)O. The molecule has 2 atom stereocenters. The third-order valence-electron chi connectivity index (χ3n) is 3.04. The van der Waals surface area contributed by atoms with E-state index < -0.39 is 11.9 Å². The third kappa shape index (κ3) is 2.43. The second-order valence-corrected chi connectivity index (χ2v) is 5.05. The van der Waals surface area contributed by atoms with Crippen LogP contribution in [0.25, 0.3) is 10.7 Å². The fraction of sp³-hybridized carbons (Fsp3) is 0.455. The number of thiophene rings is 1. The van der Waals surface area contributed by atoms with E-state index in [1.807, 2.05) is 11.4 Å². The summed E-state index contributed by atoms with van der Waals surface area (Å²) >= 11 is 1.45. The molecule has 102 valence electrons. The quantitative estimate of drug-likeness (QED) is 0.897. The second-order valence-electron chi connectivity index (χ2n) is 4.13. The molecule has 1 N–H and O–H groups in total. The molecule has 2 heterocycles. The number of carbonyl (C=O) groups is 1. The van der Waals surface area contributed by atoms with E-state index in [1.165, 1.54) is 16.0 Å². The molecule has 0 amide bonds. The molecule has 19 heavy (non-hydrogen) atoms. The van der Waals surface area contributed by atoms with Gasteiger partial charge in [-0.15, -0.1) is 16.4 Å². The number of carboxylic acids is 1. The summed E-state index contributed by atoms with van der Waals surface area (Å²) < 4.78 is 6.76. The highest BCUT2D eigenvalue weighted by molar-refractivity contribution is 7.13. The molecule has 0 fully saturated rings. The van der Waals surface area contributed by atoms with Crippen LogP contribution in [0.3, 0.4) is 0 Å². The van der Waals surface area contributed by atoms with E-state index in [2.05, 4.69) is 15.5 Å². The van der Waals surface area contributed by atoms with Gasteiger partial charge in [0.2, 0.25) is 0 Å². The van der Waals surface area contributed by atoms with E-state index in [4.69, 9.17) is 9.84 Å². The standard InChI is InChI=1S/C11H14N4O3S/c1-6(11(16)17)7(2)15-10(12-13-14-15)9-8(18-3)4-5-19-9/h4-7H,1-3H3,(H,16,17). The lowest BCUT2D eigenvalue weighted by Gasteiger charge is -2.17. The number of nitrogens with zero attached hydrogens (tertiary/aromatic N) is 4. The van der Waals surface area contributed by atoms with Gasteiger partial charge in [0.15, 0.2) is 5.82 Å². The number of carboxylic acid groups (broad SMARTS) is 1. The lowest BCUT2D eigenvalue weighted by molar-refractivity contribution is -0.142. The smallest absolute Gasteiger partial charge is 0.308 e. The first-order valence-electron chi connectivity index (χ1n) is 5.68. The topological polar surface area (TPSA) is 90.1 Å². The lowest BCUT2D eigenvalue weighted by atomic mass is 10.0. The van der Waals surface area contributed by atoms with Crippen molar-refractivity contribution in [3.63, 3.8) is 0 Å². The summed E-state index contributed by atoms with van der Waals surface area (Å²) in [4.78, 5) is 11.8. The molecule has 0 saturated heterocycles. The van der Waals surface area contributed by atoms with Crippen molar-refractivity contribution in [1.29, 1.82) is 0 Å². The van der Waals surface area contributed by atoms with Crippen LogP contribution in [0.15, 0.2) is 11.4 Å². The van der Waals surface area contributed by atoms with Crippen LogP contribution in [0.5, 0.6) is 5.75 Å². The number of tetrazole rings is 1. The van der Waals surface area contributed by atoms with Gasteiger partial charge in [-0.05, 0) is 35.7 Å². The molecule has 0 saturated carbocycles. The zero-order chi connectivity index (χ0) is 14.0. The number of aliphatic carboxylic acids is 1. The van der Waals surface area contributed by atoms with Crippen molar-refractivity contribution >= 4 is 17.3 Å². The number of rotatable bonds is 5. The Bertz CT molecular complexity index is 580. The van der Waals surface area contributed by atoms with Crippen molar-refractivity contribution in [3.8, 4) is 16.5 Å².